The van der Waals surface area contributed by atoms with E-state index in [1.54, 1.807) is 0 Å². The van der Waals surface area contributed by atoms with Gasteiger partial charge in [0.2, 0.25) is 0 Å². The Morgan fingerprint density at radius 2 is 1.31 bits per heavy atom. The number of allylic oxidation sites excluding steroid dienone is 1. The highest BCUT2D eigenvalue weighted by molar-refractivity contribution is 5.00. The molecule has 0 aromatic heterocycles. The first-order valence-electron chi connectivity index (χ1n) is 11.7. The third-order valence-corrected chi connectivity index (χ3v) is 5.00. The Bertz CT molecular complexity index is 267. The second-order valence-corrected chi connectivity index (χ2v) is 8.03. The Labute approximate surface area is 168 Å². The third kappa shape index (κ3) is 21.7. The van der Waals surface area contributed by atoms with Crippen LogP contribution >= 0.6 is 0 Å². The van der Waals surface area contributed by atoms with Crippen molar-refractivity contribution < 1.29 is 5.11 Å². The lowest BCUT2D eigenvalue weighted by atomic mass is 9.81. The molecule has 160 valence electrons. The first-order valence-corrected chi connectivity index (χ1v) is 11.7. The van der Waals surface area contributed by atoms with Crippen LogP contribution in [0.15, 0.2) is 12.2 Å². The molecule has 0 saturated heterocycles. The molecule has 0 aliphatic carbocycles. The van der Waals surface area contributed by atoms with Gasteiger partial charge < -0.3 is 5.11 Å². The fourth-order valence-corrected chi connectivity index (χ4v) is 3.35. The minimum absolute atomic E-state index is 0.102. The maximum atomic E-state index is 8.55. The van der Waals surface area contributed by atoms with E-state index in [2.05, 4.69) is 48.1 Å². The van der Waals surface area contributed by atoms with Crippen LogP contribution in [0.25, 0.3) is 0 Å². The lowest BCUT2D eigenvalue weighted by Crippen LogP contribution is -2.12. The molecular weight excluding hydrogens is 316 g/mol. The van der Waals surface area contributed by atoms with Crippen molar-refractivity contribution in [2.45, 2.75) is 133 Å². The zero-order chi connectivity index (χ0) is 21.0. The predicted molar refractivity (Wildman–Crippen MR) is 123 cm³/mol. The van der Waals surface area contributed by atoms with Crippen molar-refractivity contribution in [3.63, 3.8) is 0 Å². The van der Waals surface area contributed by atoms with E-state index in [4.69, 9.17) is 5.11 Å². The smallest absolute Gasteiger partial charge is 0.0512 e. The van der Waals surface area contributed by atoms with Gasteiger partial charge in [0.05, 0.1) is 6.10 Å². The third-order valence-electron chi connectivity index (χ3n) is 5.00. The van der Waals surface area contributed by atoms with E-state index in [0.29, 0.717) is 0 Å². The van der Waals surface area contributed by atoms with Gasteiger partial charge in [-0.05, 0) is 43.9 Å². The van der Waals surface area contributed by atoms with Gasteiger partial charge in [0, 0.05) is 0 Å². The van der Waals surface area contributed by atoms with Crippen molar-refractivity contribution in [3.05, 3.63) is 12.2 Å². The van der Waals surface area contributed by atoms with Crippen LogP contribution in [-0.4, -0.2) is 11.2 Å². The van der Waals surface area contributed by atoms with Crippen LogP contribution in [0.5, 0.6) is 0 Å². The maximum absolute atomic E-state index is 8.55. The van der Waals surface area contributed by atoms with Crippen LogP contribution in [0.3, 0.4) is 0 Å². The van der Waals surface area contributed by atoms with Gasteiger partial charge in [-0.3, -0.25) is 0 Å². The number of hydrogen-bond acceptors (Lipinski definition) is 1. The summed E-state index contributed by atoms with van der Waals surface area (Å²) in [5, 5.41) is 8.55. The lowest BCUT2D eigenvalue weighted by Gasteiger charge is -2.24. The molecule has 26 heavy (non-hydrogen) atoms. The molecule has 3 unspecified atom stereocenters. The van der Waals surface area contributed by atoms with Gasteiger partial charge in [-0.25, -0.2) is 0 Å². The molecule has 0 aromatic carbocycles. The van der Waals surface area contributed by atoms with Crippen LogP contribution in [0, 0.1) is 17.8 Å². The van der Waals surface area contributed by atoms with Crippen molar-refractivity contribution in [3.8, 4) is 0 Å². The van der Waals surface area contributed by atoms with Gasteiger partial charge in [-0.1, -0.05) is 112 Å². The van der Waals surface area contributed by atoms with Crippen LogP contribution in [0.1, 0.15) is 127 Å². The second-order valence-electron chi connectivity index (χ2n) is 8.03. The summed E-state index contributed by atoms with van der Waals surface area (Å²) >= 11 is 0. The molecule has 0 aliphatic rings. The number of hydrogen-bond donors (Lipinski definition) is 1. The molecule has 0 aliphatic heterocycles. The molecule has 0 spiro atoms. The second kappa shape index (κ2) is 22.7. The molecule has 3 atom stereocenters. The van der Waals surface area contributed by atoms with E-state index in [9.17, 15) is 0 Å². The predicted octanol–water partition coefficient (Wildman–Crippen LogP) is 8.81. The van der Waals surface area contributed by atoms with E-state index < -0.39 is 0 Å². The minimum atomic E-state index is -0.102. The van der Waals surface area contributed by atoms with Crippen LogP contribution in [0.2, 0.25) is 0 Å². The van der Waals surface area contributed by atoms with Gasteiger partial charge >= 0.3 is 0 Å². The molecule has 1 N–H and O–H groups in total. The Morgan fingerprint density at radius 3 is 1.62 bits per heavy atom. The van der Waals surface area contributed by atoms with Crippen molar-refractivity contribution in [1.29, 1.82) is 0 Å². The molecule has 1 nitrogen and oxygen atoms in total. The van der Waals surface area contributed by atoms with Crippen molar-refractivity contribution >= 4 is 0 Å². The SMILES string of the molecule is C=C(CC)C(CC)C(C)CCCCCCC(C)C.CC.CCCC(C)O. The highest BCUT2D eigenvalue weighted by atomic mass is 16.3. The van der Waals surface area contributed by atoms with E-state index in [1.165, 1.54) is 50.5 Å². The summed E-state index contributed by atoms with van der Waals surface area (Å²) in [6.45, 7) is 23.7. The summed E-state index contributed by atoms with van der Waals surface area (Å²) in [4.78, 5) is 0. The Morgan fingerprint density at radius 1 is 0.808 bits per heavy atom. The summed E-state index contributed by atoms with van der Waals surface area (Å²) in [5.41, 5.74) is 1.46. The van der Waals surface area contributed by atoms with E-state index >= 15 is 0 Å². The van der Waals surface area contributed by atoms with Gasteiger partial charge in [-0.15, -0.1) is 0 Å². The number of rotatable bonds is 13. The zero-order valence-corrected chi connectivity index (χ0v) is 20.0. The van der Waals surface area contributed by atoms with Gasteiger partial charge in [0.15, 0.2) is 0 Å². The summed E-state index contributed by atoms with van der Waals surface area (Å²) in [5.74, 6) is 2.46. The van der Waals surface area contributed by atoms with Crippen LogP contribution < -0.4 is 0 Å². The largest absolute Gasteiger partial charge is 0.393 e. The van der Waals surface area contributed by atoms with Crippen molar-refractivity contribution in [2.24, 2.45) is 17.8 Å². The van der Waals surface area contributed by atoms with Gasteiger partial charge in [-0.2, -0.15) is 0 Å². The molecule has 0 aromatic rings. The van der Waals surface area contributed by atoms with E-state index in [1.807, 2.05) is 20.8 Å². The summed E-state index contributed by atoms with van der Waals surface area (Å²) in [7, 11) is 0. The maximum Gasteiger partial charge on any atom is 0.0512 e. The molecule has 0 saturated carbocycles. The summed E-state index contributed by atoms with van der Waals surface area (Å²) < 4.78 is 0. The first kappa shape index (κ1) is 30.4. The molecule has 0 heterocycles. The molecular formula is C25H54O. The minimum Gasteiger partial charge on any atom is -0.393 e. The van der Waals surface area contributed by atoms with E-state index in [-0.39, 0.29) is 6.10 Å². The monoisotopic (exact) mass is 370 g/mol. The van der Waals surface area contributed by atoms with Gasteiger partial charge in [0.1, 0.15) is 0 Å². The first-order chi connectivity index (χ1) is 12.3. The number of aliphatic hydroxyl groups is 1. The van der Waals surface area contributed by atoms with Crippen molar-refractivity contribution in [2.75, 3.05) is 0 Å². The molecule has 0 radical (unpaired) electrons. The highest BCUT2D eigenvalue weighted by Crippen LogP contribution is 2.29. The van der Waals surface area contributed by atoms with Crippen LogP contribution in [-0.2, 0) is 0 Å². The Hall–Kier alpha value is -0.300. The van der Waals surface area contributed by atoms with Crippen molar-refractivity contribution in [1.82, 2.24) is 0 Å². The Kier molecular flexibility index (Phi) is 26.6. The zero-order valence-electron chi connectivity index (χ0n) is 20.0. The van der Waals surface area contributed by atoms with E-state index in [0.717, 1.165) is 37.0 Å². The highest BCUT2D eigenvalue weighted by Gasteiger charge is 2.16. The average molecular weight is 371 g/mol. The molecule has 0 amide bonds. The normalized spacial score (nSPS) is 13.8. The Balaban J connectivity index is -0.000000556. The van der Waals surface area contributed by atoms with Gasteiger partial charge in [0.25, 0.3) is 0 Å². The molecule has 0 bridgehead atoms. The van der Waals surface area contributed by atoms with Crippen LogP contribution in [0.4, 0.5) is 0 Å². The topological polar surface area (TPSA) is 20.2 Å². The fourth-order valence-electron chi connectivity index (χ4n) is 3.35. The lowest BCUT2D eigenvalue weighted by molar-refractivity contribution is 0.183. The molecule has 0 rings (SSSR count). The summed E-state index contributed by atoms with van der Waals surface area (Å²) in [6.07, 6.45) is 12.8. The molecule has 1 heteroatoms. The molecule has 0 fully saturated rings. The average Bonchev–Trinajstić information content (AvgIpc) is 2.60. The fraction of sp³-hybridized carbons (Fsp3) is 0.920. The number of unbranched alkanes of at least 4 members (excludes halogenated alkanes) is 3. The summed E-state index contributed by atoms with van der Waals surface area (Å²) in [6, 6.07) is 0. The number of aliphatic hydroxyl groups excluding tert-OH is 1. The quantitative estimate of drug-likeness (QED) is 0.253. The standard InChI is InChI=1S/C18H36.C5H12O.C2H6/c1-7-16(5)18(8-2)17(6)14-12-10-9-11-13-15(3)4;1-3-4-5(2)6;1-2/h15,17-18H,5,7-14H2,1-4,6H3;5-6H,3-4H2,1-2H3;1-2H3.